The third-order valence-electron chi connectivity index (χ3n) is 4.32. The molecule has 0 spiro atoms. The third-order valence-corrected chi connectivity index (χ3v) is 4.57. The number of amides is 1. The van der Waals surface area contributed by atoms with Gasteiger partial charge in [-0.25, -0.2) is 9.50 Å². The minimum absolute atomic E-state index is 0.0879. The van der Waals surface area contributed by atoms with Crippen LogP contribution in [-0.2, 0) is 0 Å². The number of benzene rings is 1. The van der Waals surface area contributed by atoms with Crippen LogP contribution in [0, 0.1) is 0 Å². The molecule has 2 aromatic heterocycles. The summed E-state index contributed by atoms with van der Waals surface area (Å²) in [5.74, 6) is -0.0879. The summed E-state index contributed by atoms with van der Waals surface area (Å²) in [5, 5.41) is 4.99. The molecule has 124 valence electrons. The first-order chi connectivity index (χ1) is 11.5. The largest absolute Gasteiger partial charge is 0.338 e. The van der Waals surface area contributed by atoms with Gasteiger partial charge in [-0.1, -0.05) is 30.7 Å². The Bertz CT molecular complexity index is 872. The standard InChI is InChI=1S/C18H19ClN4O/c1-4-12(2)22(3)18(24)16-9-10-23-17(21-16)15(11-20-23)13-5-7-14(19)8-6-13/h5-12H,4H2,1-3H3. The predicted octanol–water partition coefficient (Wildman–Crippen LogP) is 3.92. The Kier molecular flexibility index (Phi) is 4.53. The molecule has 1 amide bonds. The van der Waals surface area contributed by atoms with Crippen LogP contribution in [0.1, 0.15) is 30.8 Å². The molecule has 3 rings (SSSR count). The lowest BCUT2D eigenvalue weighted by Gasteiger charge is -2.23. The van der Waals surface area contributed by atoms with E-state index >= 15 is 0 Å². The van der Waals surface area contributed by atoms with Crippen molar-refractivity contribution in [3.63, 3.8) is 0 Å². The average molecular weight is 343 g/mol. The molecule has 0 aliphatic heterocycles. The van der Waals surface area contributed by atoms with E-state index in [-0.39, 0.29) is 11.9 Å². The van der Waals surface area contributed by atoms with Crippen LogP contribution in [0.2, 0.25) is 5.02 Å². The van der Waals surface area contributed by atoms with Gasteiger partial charge in [-0.05, 0) is 37.1 Å². The van der Waals surface area contributed by atoms with Gasteiger partial charge in [0.15, 0.2) is 5.65 Å². The van der Waals surface area contributed by atoms with Crippen LogP contribution in [0.4, 0.5) is 0 Å². The molecule has 24 heavy (non-hydrogen) atoms. The van der Waals surface area contributed by atoms with Crippen molar-refractivity contribution >= 4 is 23.2 Å². The first kappa shape index (κ1) is 16.5. The molecular weight excluding hydrogens is 324 g/mol. The van der Waals surface area contributed by atoms with Crippen LogP contribution in [-0.4, -0.2) is 38.5 Å². The van der Waals surface area contributed by atoms with Gasteiger partial charge in [0.2, 0.25) is 0 Å². The molecule has 0 bridgehead atoms. The van der Waals surface area contributed by atoms with Crippen molar-refractivity contribution in [2.45, 2.75) is 26.3 Å². The SMILES string of the molecule is CCC(C)N(C)C(=O)c1ccn2ncc(-c3ccc(Cl)cc3)c2n1. The second kappa shape index (κ2) is 6.61. The van der Waals surface area contributed by atoms with Crippen LogP contribution >= 0.6 is 11.6 Å². The van der Waals surface area contributed by atoms with E-state index < -0.39 is 0 Å². The van der Waals surface area contributed by atoms with Gasteiger partial charge in [0.05, 0.1) is 6.20 Å². The third kappa shape index (κ3) is 2.99. The maximum Gasteiger partial charge on any atom is 0.272 e. The number of carbonyl (C=O) groups is 1. The molecular formula is C18H19ClN4O. The lowest BCUT2D eigenvalue weighted by Crippen LogP contribution is -2.35. The summed E-state index contributed by atoms with van der Waals surface area (Å²) < 4.78 is 1.67. The second-order valence-corrected chi connectivity index (χ2v) is 6.26. The average Bonchev–Trinajstić information content (AvgIpc) is 3.03. The lowest BCUT2D eigenvalue weighted by molar-refractivity contribution is 0.0735. The van der Waals surface area contributed by atoms with Crippen LogP contribution in [0.15, 0.2) is 42.7 Å². The van der Waals surface area contributed by atoms with Crippen molar-refractivity contribution in [1.29, 1.82) is 0 Å². The molecule has 0 saturated heterocycles. The molecule has 2 heterocycles. The fourth-order valence-corrected chi connectivity index (χ4v) is 2.60. The highest BCUT2D eigenvalue weighted by molar-refractivity contribution is 6.30. The van der Waals surface area contributed by atoms with Crippen molar-refractivity contribution in [1.82, 2.24) is 19.5 Å². The number of hydrogen-bond donors (Lipinski definition) is 0. The van der Waals surface area contributed by atoms with E-state index in [0.717, 1.165) is 17.5 Å². The monoisotopic (exact) mass is 342 g/mol. The summed E-state index contributed by atoms with van der Waals surface area (Å²) in [7, 11) is 1.80. The van der Waals surface area contributed by atoms with E-state index in [1.807, 2.05) is 31.2 Å². The zero-order valence-electron chi connectivity index (χ0n) is 13.9. The topological polar surface area (TPSA) is 50.5 Å². The van der Waals surface area contributed by atoms with Gasteiger partial charge < -0.3 is 4.90 Å². The summed E-state index contributed by atoms with van der Waals surface area (Å²) in [6, 6.07) is 9.35. The maximum atomic E-state index is 12.6. The van der Waals surface area contributed by atoms with E-state index in [2.05, 4.69) is 17.0 Å². The predicted molar refractivity (Wildman–Crippen MR) is 95.3 cm³/mol. The number of halogens is 1. The van der Waals surface area contributed by atoms with Gasteiger partial charge in [-0.15, -0.1) is 0 Å². The van der Waals surface area contributed by atoms with Gasteiger partial charge in [0.1, 0.15) is 5.69 Å². The first-order valence-corrected chi connectivity index (χ1v) is 8.26. The van der Waals surface area contributed by atoms with E-state index in [0.29, 0.717) is 16.4 Å². The number of hydrogen-bond acceptors (Lipinski definition) is 3. The molecule has 6 heteroatoms. The van der Waals surface area contributed by atoms with Gasteiger partial charge in [0.25, 0.3) is 5.91 Å². The van der Waals surface area contributed by atoms with Crippen molar-refractivity contribution in [2.24, 2.45) is 0 Å². The molecule has 1 aromatic carbocycles. The Morgan fingerprint density at radius 3 is 2.67 bits per heavy atom. The van der Waals surface area contributed by atoms with Gasteiger partial charge in [-0.2, -0.15) is 5.10 Å². The summed E-state index contributed by atoms with van der Waals surface area (Å²) in [6.45, 7) is 4.08. The van der Waals surface area contributed by atoms with E-state index in [1.165, 1.54) is 0 Å². The normalized spacial score (nSPS) is 12.3. The summed E-state index contributed by atoms with van der Waals surface area (Å²) in [4.78, 5) is 18.9. The molecule has 0 aliphatic rings. The van der Waals surface area contributed by atoms with Gasteiger partial charge in [0, 0.05) is 29.9 Å². The van der Waals surface area contributed by atoms with Crippen molar-refractivity contribution in [3.8, 4) is 11.1 Å². The highest BCUT2D eigenvalue weighted by atomic mass is 35.5. The molecule has 1 unspecified atom stereocenters. The quantitative estimate of drug-likeness (QED) is 0.722. The summed E-state index contributed by atoms with van der Waals surface area (Å²) in [6.07, 6.45) is 4.41. The Labute approximate surface area is 145 Å². The molecule has 0 radical (unpaired) electrons. The Hall–Kier alpha value is -2.40. The molecule has 0 fully saturated rings. The smallest absolute Gasteiger partial charge is 0.272 e. The molecule has 0 N–H and O–H groups in total. The van der Waals surface area contributed by atoms with Gasteiger partial charge >= 0.3 is 0 Å². The fourth-order valence-electron chi connectivity index (χ4n) is 2.48. The number of aromatic nitrogens is 3. The number of nitrogens with zero attached hydrogens (tertiary/aromatic N) is 4. The molecule has 3 aromatic rings. The summed E-state index contributed by atoms with van der Waals surface area (Å²) in [5.41, 5.74) is 2.90. The van der Waals surface area contributed by atoms with E-state index in [4.69, 9.17) is 11.6 Å². The van der Waals surface area contributed by atoms with Crippen molar-refractivity contribution < 1.29 is 4.79 Å². The van der Waals surface area contributed by atoms with Crippen LogP contribution in [0.3, 0.4) is 0 Å². The first-order valence-electron chi connectivity index (χ1n) is 7.88. The highest BCUT2D eigenvalue weighted by Crippen LogP contribution is 2.25. The zero-order valence-corrected chi connectivity index (χ0v) is 14.7. The molecule has 0 saturated carbocycles. The fraction of sp³-hybridized carbons (Fsp3) is 0.278. The van der Waals surface area contributed by atoms with E-state index in [9.17, 15) is 4.79 Å². The highest BCUT2D eigenvalue weighted by Gasteiger charge is 2.19. The minimum atomic E-state index is -0.0879. The second-order valence-electron chi connectivity index (χ2n) is 5.82. The lowest BCUT2D eigenvalue weighted by atomic mass is 10.1. The van der Waals surface area contributed by atoms with Gasteiger partial charge in [-0.3, -0.25) is 4.79 Å². The van der Waals surface area contributed by atoms with Crippen LogP contribution in [0.25, 0.3) is 16.8 Å². The Morgan fingerprint density at radius 2 is 2.00 bits per heavy atom. The summed E-state index contributed by atoms with van der Waals surface area (Å²) >= 11 is 5.95. The van der Waals surface area contributed by atoms with Crippen molar-refractivity contribution in [3.05, 3.63) is 53.4 Å². The van der Waals surface area contributed by atoms with Crippen LogP contribution < -0.4 is 0 Å². The maximum absolute atomic E-state index is 12.6. The molecule has 0 aliphatic carbocycles. The van der Waals surface area contributed by atoms with Crippen molar-refractivity contribution in [2.75, 3.05) is 7.05 Å². The number of rotatable bonds is 4. The minimum Gasteiger partial charge on any atom is -0.338 e. The Balaban J connectivity index is 2.03. The van der Waals surface area contributed by atoms with Crippen LogP contribution in [0.5, 0.6) is 0 Å². The Morgan fingerprint density at radius 1 is 1.29 bits per heavy atom. The molecule has 1 atom stereocenters. The zero-order chi connectivity index (χ0) is 17.3. The van der Waals surface area contributed by atoms with E-state index in [1.54, 1.807) is 34.9 Å². The number of fused-ring (bicyclic) bond motifs is 1. The molecule has 5 nitrogen and oxygen atoms in total. The number of carbonyl (C=O) groups excluding carboxylic acids is 1.